The first-order valence-electron chi connectivity index (χ1n) is 9.17. The van der Waals surface area contributed by atoms with Crippen molar-refractivity contribution in [2.24, 2.45) is 0 Å². The zero-order chi connectivity index (χ0) is 23.3. The lowest BCUT2D eigenvalue weighted by Crippen LogP contribution is -2.23. The number of carbonyl (C=O) groups excluding carboxylic acids is 2. The molecule has 0 aliphatic heterocycles. The van der Waals surface area contributed by atoms with Gasteiger partial charge in [0, 0.05) is 23.6 Å². The Kier molecular flexibility index (Phi) is 6.97. The summed E-state index contributed by atoms with van der Waals surface area (Å²) in [6, 6.07) is 12.1. The van der Waals surface area contributed by atoms with Gasteiger partial charge < -0.3 is 10.6 Å². The van der Waals surface area contributed by atoms with E-state index in [-0.39, 0.29) is 28.0 Å². The molecule has 1 heterocycles. The molecule has 2 aromatic carbocycles. The Morgan fingerprint density at radius 2 is 1.88 bits per heavy atom. The van der Waals surface area contributed by atoms with Gasteiger partial charge in [0.05, 0.1) is 23.1 Å². The lowest BCUT2D eigenvalue weighted by Gasteiger charge is -2.05. The van der Waals surface area contributed by atoms with Crippen molar-refractivity contribution in [2.45, 2.75) is 12.7 Å². The molecule has 0 spiro atoms. The van der Waals surface area contributed by atoms with E-state index < -0.39 is 27.3 Å². The number of hydrogen-bond donors (Lipinski definition) is 2. The van der Waals surface area contributed by atoms with Crippen molar-refractivity contribution in [2.75, 3.05) is 16.4 Å². The third-order valence-corrected chi connectivity index (χ3v) is 6.37. The highest BCUT2D eigenvalue weighted by Gasteiger charge is 2.19. The fraction of sp³-hybridized carbons (Fsp3) is 0.143. The number of nitriles is 1. The Labute approximate surface area is 187 Å². The van der Waals surface area contributed by atoms with Crippen molar-refractivity contribution in [3.8, 4) is 17.3 Å². The normalized spacial score (nSPS) is 10.9. The average Bonchev–Trinajstić information content (AvgIpc) is 3.15. The summed E-state index contributed by atoms with van der Waals surface area (Å²) in [5, 5.41) is 15.3. The van der Waals surface area contributed by atoms with Gasteiger partial charge >= 0.3 is 0 Å². The van der Waals surface area contributed by atoms with E-state index in [9.17, 15) is 22.4 Å². The van der Waals surface area contributed by atoms with E-state index in [1.54, 1.807) is 0 Å². The number of nitrogens with one attached hydrogen (secondary N) is 2. The van der Waals surface area contributed by atoms with Gasteiger partial charge in [-0.3, -0.25) is 9.59 Å². The predicted octanol–water partition coefficient (Wildman–Crippen LogP) is 3.33. The maximum Gasteiger partial charge on any atom is 0.241 e. The van der Waals surface area contributed by atoms with Gasteiger partial charge in [-0.15, -0.1) is 11.3 Å². The first-order valence-corrected chi connectivity index (χ1v) is 11.9. The van der Waals surface area contributed by atoms with Crippen LogP contribution in [0.3, 0.4) is 0 Å². The van der Waals surface area contributed by atoms with Gasteiger partial charge in [0.1, 0.15) is 11.6 Å². The Morgan fingerprint density at radius 1 is 1.16 bits per heavy atom. The standard InChI is InChI=1S/C21H17FN4O4S2/c1-13(27)24-16-6-7-17(18(22)8-16)19-10-31-21(25-19)26-20(28)12-32(29,30)11-15-4-2-14(9-23)3-5-15/h2-8,10H,11-12H2,1H3,(H,24,27)(H,25,26,28). The second-order valence-electron chi connectivity index (χ2n) is 6.80. The van der Waals surface area contributed by atoms with Gasteiger partial charge in [-0.1, -0.05) is 12.1 Å². The second-order valence-corrected chi connectivity index (χ2v) is 9.73. The Bertz CT molecular complexity index is 1310. The zero-order valence-corrected chi connectivity index (χ0v) is 18.4. The van der Waals surface area contributed by atoms with Crippen LogP contribution in [0, 0.1) is 17.1 Å². The summed E-state index contributed by atoms with van der Waals surface area (Å²) >= 11 is 1.03. The van der Waals surface area contributed by atoms with Gasteiger partial charge in [-0.2, -0.15) is 5.26 Å². The van der Waals surface area contributed by atoms with Crippen molar-refractivity contribution >= 4 is 43.8 Å². The highest BCUT2D eigenvalue weighted by Crippen LogP contribution is 2.28. The fourth-order valence-corrected chi connectivity index (χ4v) is 4.80. The average molecular weight is 473 g/mol. The Morgan fingerprint density at radius 3 is 2.50 bits per heavy atom. The van der Waals surface area contributed by atoms with Crippen LogP contribution in [0.5, 0.6) is 0 Å². The molecule has 0 saturated carbocycles. The largest absolute Gasteiger partial charge is 0.326 e. The van der Waals surface area contributed by atoms with E-state index >= 15 is 0 Å². The molecule has 32 heavy (non-hydrogen) atoms. The number of rotatable bonds is 7. The number of benzene rings is 2. The van der Waals surface area contributed by atoms with Gasteiger partial charge in [-0.25, -0.2) is 17.8 Å². The predicted molar refractivity (Wildman–Crippen MR) is 119 cm³/mol. The summed E-state index contributed by atoms with van der Waals surface area (Å²) in [6.45, 7) is 1.31. The molecule has 0 fully saturated rings. The fourth-order valence-electron chi connectivity index (χ4n) is 2.79. The van der Waals surface area contributed by atoms with E-state index in [1.807, 2.05) is 6.07 Å². The molecule has 3 aromatic rings. The van der Waals surface area contributed by atoms with Crippen molar-refractivity contribution in [1.82, 2.24) is 4.98 Å². The number of anilines is 2. The molecule has 164 valence electrons. The molecule has 1 aromatic heterocycles. The van der Waals surface area contributed by atoms with E-state index in [2.05, 4.69) is 15.6 Å². The minimum Gasteiger partial charge on any atom is -0.326 e. The van der Waals surface area contributed by atoms with Crippen LogP contribution >= 0.6 is 11.3 Å². The molecule has 3 rings (SSSR count). The zero-order valence-electron chi connectivity index (χ0n) is 16.8. The molecule has 2 amide bonds. The Hall–Kier alpha value is -3.62. The van der Waals surface area contributed by atoms with Crippen LogP contribution in [0.1, 0.15) is 18.1 Å². The van der Waals surface area contributed by atoms with Crippen molar-refractivity contribution in [3.05, 3.63) is 64.8 Å². The van der Waals surface area contributed by atoms with Crippen molar-refractivity contribution in [3.63, 3.8) is 0 Å². The second kappa shape index (κ2) is 9.67. The highest BCUT2D eigenvalue weighted by molar-refractivity contribution is 7.91. The van der Waals surface area contributed by atoms with Crippen LogP contribution < -0.4 is 10.6 Å². The van der Waals surface area contributed by atoms with E-state index in [0.717, 1.165) is 17.4 Å². The van der Waals surface area contributed by atoms with Gasteiger partial charge in [0.2, 0.25) is 11.8 Å². The first kappa shape index (κ1) is 23.1. The number of aromatic nitrogens is 1. The van der Waals surface area contributed by atoms with Crippen LogP contribution in [0.15, 0.2) is 47.8 Å². The quantitative estimate of drug-likeness (QED) is 0.543. The number of amides is 2. The minimum absolute atomic E-state index is 0.129. The number of halogens is 1. The molecule has 0 radical (unpaired) electrons. The topological polar surface area (TPSA) is 129 Å². The molecule has 0 bridgehead atoms. The lowest BCUT2D eigenvalue weighted by atomic mass is 10.1. The van der Waals surface area contributed by atoms with Crippen LogP contribution in [0.4, 0.5) is 15.2 Å². The highest BCUT2D eigenvalue weighted by atomic mass is 32.2. The third-order valence-electron chi connectivity index (χ3n) is 4.14. The smallest absolute Gasteiger partial charge is 0.241 e. The van der Waals surface area contributed by atoms with Crippen LogP contribution in [0.25, 0.3) is 11.3 Å². The molecule has 0 aliphatic carbocycles. The van der Waals surface area contributed by atoms with Gasteiger partial charge in [0.15, 0.2) is 15.0 Å². The molecular formula is C21H17FN4O4S2. The maximum absolute atomic E-state index is 14.4. The monoisotopic (exact) mass is 472 g/mol. The van der Waals surface area contributed by atoms with Crippen LogP contribution in [-0.2, 0) is 25.2 Å². The summed E-state index contributed by atoms with van der Waals surface area (Å²) in [7, 11) is -3.75. The lowest BCUT2D eigenvalue weighted by molar-refractivity contribution is -0.114. The third kappa shape index (κ3) is 6.19. The molecular weight excluding hydrogens is 455 g/mol. The number of nitrogens with zero attached hydrogens (tertiary/aromatic N) is 2. The first-order chi connectivity index (χ1) is 15.1. The number of sulfone groups is 1. The van der Waals surface area contributed by atoms with Crippen molar-refractivity contribution in [1.29, 1.82) is 5.26 Å². The number of carbonyl (C=O) groups is 2. The van der Waals surface area contributed by atoms with Crippen molar-refractivity contribution < 1.29 is 22.4 Å². The number of hydrogen-bond acceptors (Lipinski definition) is 7. The summed E-state index contributed by atoms with van der Waals surface area (Å²) < 4.78 is 39.0. The maximum atomic E-state index is 14.4. The number of thiazole rings is 1. The molecule has 8 nitrogen and oxygen atoms in total. The molecule has 0 aliphatic rings. The summed E-state index contributed by atoms with van der Waals surface area (Å²) in [5.74, 6) is -2.79. The molecule has 11 heteroatoms. The Balaban J connectivity index is 1.64. The van der Waals surface area contributed by atoms with E-state index in [4.69, 9.17) is 5.26 Å². The summed E-state index contributed by atoms with van der Waals surface area (Å²) in [4.78, 5) is 27.4. The molecule has 0 atom stereocenters. The molecule has 0 saturated heterocycles. The van der Waals surface area contributed by atoms with Crippen LogP contribution in [0.2, 0.25) is 0 Å². The van der Waals surface area contributed by atoms with E-state index in [0.29, 0.717) is 16.8 Å². The van der Waals surface area contributed by atoms with Gasteiger partial charge in [-0.05, 0) is 35.9 Å². The molecule has 0 unspecified atom stereocenters. The van der Waals surface area contributed by atoms with Crippen LogP contribution in [-0.4, -0.2) is 31.0 Å². The van der Waals surface area contributed by atoms with Gasteiger partial charge in [0.25, 0.3) is 0 Å². The minimum atomic E-state index is -3.75. The van der Waals surface area contributed by atoms with E-state index in [1.165, 1.54) is 48.7 Å². The molecule has 2 N–H and O–H groups in total. The summed E-state index contributed by atoms with van der Waals surface area (Å²) in [6.07, 6.45) is 0. The summed E-state index contributed by atoms with van der Waals surface area (Å²) in [5.41, 5.74) is 1.60. The SMILES string of the molecule is CC(=O)Nc1ccc(-c2csc(NC(=O)CS(=O)(=O)Cc3ccc(C#N)cc3)n2)c(F)c1.